The first kappa shape index (κ1) is 13.9. The fourth-order valence-electron chi connectivity index (χ4n) is 1.91. The molecular formula is C15H14INO2. The number of benzene rings is 1. The Morgan fingerprint density at radius 2 is 1.89 bits per heavy atom. The first-order valence-corrected chi connectivity index (χ1v) is 5.85. The van der Waals surface area contributed by atoms with E-state index in [2.05, 4.69) is 22.8 Å². The van der Waals surface area contributed by atoms with Gasteiger partial charge in [0.15, 0.2) is 17.7 Å². The maximum absolute atomic E-state index is 5.35. The van der Waals surface area contributed by atoms with E-state index in [1.165, 1.54) is 0 Å². The van der Waals surface area contributed by atoms with Crippen LogP contribution < -0.4 is 38.0 Å². The molecule has 1 aromatic heterocycles. The summed E-state index contributed by atoms with van der Waals surface area (Å²) in [5.74, 6) is 1.63. The van der Waals surface area contributed by atoms with Gasteiger partial charge in [-0.2, -0.15) is 0 Å². The monoisotopic (exact) mass is 367 g/mol. The van der Waals surface area contributed by atoms with Crippen LogP contribution in [0.3, 0.4) is 0 Å². The molecule has 0 atom stereocenters. The lowest BCUT2D eigenvalue weighted by Gasteiger charge is -1.97. The Bertz CT molecular complexity index is 611. The van der Waals surface area contributed by atoms with Crippen LogP contribution in [-0.4, -0.2) is 6.79 Å². The van der Waals surface area contributed by atoms with E-state index in [4.69, 9.17) is 9.47 Å². The molecule has 4 heteroatoms. The van der Waals surface area contributed by atoms with Gasteiger partial charge in [-0.1, -0.05) is 6.07 Å². The number of aryl methyl sites for hydroxylation is 1. The van der Waals surface area contributed by atoms with Crippen LogP contribution in [0.25, 0.3) is 12.2 Å². The molecule has 0 bridgehead atoms. The standard InChI is InChI=1S/C15H14NO2.HI/c1-16-9-3-2-4-13(16)7-5-12-6-8-14-15(10-12)18-11-17-14;/h2-10H,11H2,1H3;1H/q+1;/p-1/b7-5-;. The molecule has 19 heavy (non-hydrogen) atoms. The Balaban J connectivity index is 0.00000133. The summed E-state index contributed by atoms with van der Waals surface area (Å²) in [5, 5.41) is 0. The van der Waals surface area contributed by atoms with Crippen molar-refractivity contribution >= 4 is 12.2 Å². The number of halogens is 1. The number of hydrogen-bond acceptors (Lipinski definition) is 2. The van der Waals surface area contributed by atoms with E-state index in [0.29, 0.717) is 6.79 Å². The third kappa shape index (κ3) is 3.07. The number of ether oxygens (including phenoxy) is 2. The minimum atomic E-state index is 0. The quantitative estimate of drug-likeness (QED) is 0.524. The van der Waals surface area contributed by atoms with Crippen molar-refractivity contribution in [2.45, 2.75) is 0 Å². The topological polar surface area (TPSA) is 22.3 Å². The molecule has 1 aliphatic heterocycles. The van der Waals surface area contributed by atoms with Crippen molar-refractivity contribution in [2.24, 2.45) is 7.05 Å². The number of fused-ring (bicyclic) bond motifs is 1. The highest BCUT2D eigenvalue weighted by atomic mass is 127. The zero-order valence-corrected chi connectivity index (χ0v) is 12.7. The highest BCUT2D eigenvalue weighted by Crippen LogP contribution is 2.32. The fourth-order valence-corrected chi connectivity index (χ4v) is 1.91. The van der Waals surface area contributed by atoms with Crippen molar-refractivity contribution in [1.82, 2.24) is 0 Å². The van der Waals surface area contributed by atoms with Crippen LogP contribution in [0.2, 0.25) is 0 Å². The molecule has 0 saturated heterocycles. The predicted molar refractivity (Wildman–Crippen MR) is 69.1 cm³/mol. The van der Waals surface area contributed by atoms with Crippen molar-refractivity contribution in [3.8, 4) is 11.5 Å². The summed E-state index contributed by atoms with van der Waals surface area (Å²) < 4.78 is 12.7. The number of aromatic nitrogens is 1. The third-order valence-corrected chi connectivity index (χ3v) is 2.94. The van der Waals surface area contributed by atoms with Crippen molar-refractivity contribution in [3.05, 3.63) is 53.9 Å². The number of hydrogen-bond donors (Lipinski definition) is 0. The molecule has 0 radical (unpaired) electrons. The van der Waals surface area contributed by atoms with Gasteiger partial charge in [-0.15, -0.1) is 0 Å². The summed E-state index contributed by atoms with van der Waals surface area (Å²) in [5.41, 5.74) is 2.25. The van der Waals surface area contributed by atoms with Gasteiger partial charge >= 0.3 is 0 Å². The Labute approximate surface area is 129 Å². The lowest BCUT2D eigenvalue weighted by atomic mass is 10.1. The van der Waals surface area contributed by atoms with E-state index < -0.39 is 0 Å². The van der Waals surface area contributed by atoms with E-state index >= 15 is 0 Å². The lowest BCUT2D eigenvalue weighted by Crippen LogP contribution is -3.00. The van der Waals surface area contributed by atoms with E-state index in [1.54, 1.807) is 0 Å². The summed E-state index contributed by atoms with van der Waals surface area (Å²) in [4.78, 5) is 0. The average molecular weight is 367 g/mol. The summed E-state index contributed by atoms with van der Waals surface area (Å²) >= 11 is 0. The minimum Gasteiger partial charge on any atom is -1.00 e. The Hall–Kier alpha value is -1.56. The molecule has 3 rings (SSSR count). The van der Waals surface area contributed by atoms with Gasteiger partial charge < -0.3 is 33.5 Å². The molecule has 98 valence electrons. The van der Waals surface area contributed by atoms with E-state index in [0.717, 1.165) is 22.8 Å². The SMILES string of the molecule is C[n+]1ccccc1/C=C\c1ccc2c(c1)OCO2.[I-]. The van der Waals surface area contributed by atoms with Crippen LogP contribution in [0.15, 0.2) is 42.6 Å². The second-order valence-electron chi connectivity index (χ2n) is 4.18. The molecule has 0 fully saturated rings. The largest absolute Gasteiger partial charge is 1.00 e. The highest BCUT2D eigenvalue weighted by molar-refractivity contribution is 5.68. The van der Waals surface area contributed by atoms with Gasteiger partial charge in [0.05, 0.1) is 0 Å². The van der Waals surface area contributed by atoms with Gasteiger partial charge in [0.25, 0.3) is 0 Å². The molecule has 2 aromatic rings. The number of pyridine rings is 1. The number of rotatable bonds is 2. The van der Waals surface area contributed by atoms with E-state index in [9.17, 15) is 0 Å². The molecule has 0 saturated carbocycles. The zero-order valence-electron chi connectivity index (χ0n) is 10.5. The van der Waals surface area contributed by atoms with Crippen LogP contribution >= 0.6 is 0 Å². The number of nitrogens with zero attached hydrogens (tertiary/aromatic N) is 1. The molecule has 2 heterocycles. The normalized spacial score (nSPS) is 12.5. The summed E-state index contributed by atoms with van der Waals surface area (Å²) in [6.45, 7) is 0.316. The maximum Gasteiger partial charge on any atom is 0.231 e. The van der Waals surface area contributed by atoms with Gasteiger partial charge in [0.1, 0.15) is 7.05 Å². The van der Waals surface area contributed by atoms with Crippen LogP contribution in [0.4, 0.5) is 0 Å². The summed E-state index contributed by atoms with van der Waals surface area (Å²) in [6.07, 6.45) is 6.17. The first-order chi connectivity index (χ1) is 8.83. The van der Waals surface area contributed by atoms with Crippen molar-refractivity contribution in [1.29, 1.82) is 0 Å². The van der Waals surface area contributed by atoms with E-state index in [1.807, 2.05) is 43.6 Å². The Morgan fingerprint density at radius 3 is 2.74 bits per heavy atom. The molecule has 0 N–H and O–H groups in total. The maximum atomic E-state index is 5.35. The molecule has 3 nitrogen and oxygen atoms in total. The van der Waals surface area contributed by atoms with Crippen LogP contribution in [0.1, 0.15) is 11.3 Å². The van der Waals surface area contributed by atoms with Crippen molar-refractivity contribution in [3.63, 3.8) is 0 Å². The van der Waals surface area contributed by atoms with Crippen molar-refractivity contribution in [2.75, 3.05) is 6.79 Å². The Kier molecular flexibility index (Phi) is 4.42. The molecule has 0 aliphatic carbocycles. The molecule has 0 amide bonds. The third-order valence-electron chi connectivity index (χ3n) is 2.94. The minimum absolute atomic E-state index is 0. The van der Waals surface area contributed by atoms with Gasteiger partial charge in [0, 0.05) is 18.2 Å². The fraction of sp³-hybridized carbons (Fsp3) is 0.133. The van der Waals surface area contributed by atoms with Gasteiger partial charge in [-0.05, 0) is 29.8 Å². The van der Waals surface area contributed by atoms with E-state index in [-0.39, 0.29) is 24.0 Å². The lowest BCUT2D eigenvalue weighted by molar-refractivity contribution is -0.673. The molecule has 1 aromatic carbocycles. The summed E-state index contributed by atoms with van der Waals surface area (Å²) in [7, 11) is 2.03. The first-order valence-electron chi connectivity index (χ1n) is 5.85. The van der Waals surface area contributed by atoms with Gasteiger partial charge in [-0.3, -0.25) is 0 Å². The Morgan fingerprint density at radius 1 is 1.05 bits per heavy atom. The molecule has 1 aliphatic rings. The second kappa shape index (κ2) is 6.06. The van der Waals surface area contributed by atoms with Crippen LogP contribution in [-0.2, 0) is 7.05 Å². The molecule has 0 spiro atoms. The zero-order chi connectivity index (χ0) is 12.4. The van der Waals surface area contributed by atoms with Gasteiger partial charge in [-0.25, -0.2) is 4.57 Å². The second-order valence-corrected chi connectivity index (χ2v) is 4.18. The van der Waals surface area contributed by atoms with Gasteiger partial charge in [0.2, 0.25) is 12.5 Å². The smallest absolute Gasteiger partial charge is 0.231 e. The predicted octanol–water partition coefficient (Wildman–Crippen LogP) is -0.586. The average Bonchev–Trinajstić information content (AvgIpc) is 2.85. The van der Waals surface area contributed by atoms with Crippen molar-refractivity contribution < 1.29 is 38.0 Å². The molecule has 0 unspecified atom stereocenters. The van der Waals surface area contributed by atoms with Crippen LogP contribution in [0.5, 0.6) is 11.5 Å². The van der Waals surface area contributed by atoms with Crippen LogP contribution in [0, 0.1) is 0 Å². The molecular weight excluding hydrogens is 353 g/mol. The highest BCUT2D eigenvalue weighted by Gasteiger charge is 2.12. The summed E-state index contributed by atoms with van der Waals surface area (Å²) in [6, 6.07) is 12.1.